The average Bonchev–Trinajstić information content (AvgIpc) is 3.24. The van der Waals surface area contributed by atoms with E-state index in [1.807, 2.05) is 72.8 Å². The number of hydrogen-bond acceptors (Lipinski definition) is 6. The van der Waals surface area contributed by atoms with Crippen LogP contribution in [0, 0.1) is 0 Å². The Kier molecular flexibility index (Phi) is 10.0. The molecule has 0 saturated carbocycles. The molecule has 54 heavy (non-hydrogen) atoms. The second-order valence-corrected chi connectivity index (χ2v) is 13.9. The van der Waals surface area contributed by atoms with Crippen molar-refractivity contribution >= 4 is 17.3 Å². The number of carbonyl (C=O) groups is 3. The van der Waals surface area contributed by atoms with Crippen LogP contribution in [-0.4, -0.2) is 38.7 Å². The van der Waals surface area contributed by atoms with Crippen molar-refractivity contribution in [2.24, 2.45) is 0 Å². The molecule has 0 radical (unpaired) electrons. The fourth-order valence-corrected chi connectivity index (χ4v) is 7.44. The van der Waals surface area contributed by atoms with E-state index < -0.39 is 0 Å². The number of ketones is 3. The van der Waals surface area contributed by atoms with E-state index in [2.05, 4.69) is 36.4 Å². The zero-order chi connectivity index (χ0) is 38.1. The van der Waals surface area contributed by atoms with Gasteiger partial charge in [-0.3, -0.25) is 14.4 Å². The molecule has 7 rings (SSSR count). The van der Waals surface area contributed by atoms with Crippen molar-refractivity contribution in [3.05, 3.63) is 159 Å². The smallest absolute Gasteiger partial charge is 0.159 e. The minimum absolute atomic E-state index is 0.0205. The molecule has 0 aromatic heterocycles. The first-order chi connectivity index (χ1) is 26.1. The molecule has 6 heteroatoms. The van der Waals surface area contributed by atoms with Crippen molar-refractivity contribution in [3.63, 3.8) is 0 Å². The SMILES string of the molecule is COc1cc2c(cc1-c1ccc(C(C)=O)cc1)Cc1cc(OC)c(-c3ccc(C(C)=O)cc3)cc1Cc1cc(OC)c(-c3ccc(C(C)=O)cc3)cc1C2. The van der Waals surface area contributed by atoms with Gasteiger partial charge in [0.2, 0.25) is 0 Å². The van der Waals surface area contributed by atoms with Gasteiger partial charge < -0.3 is 14.2 Å². The molecule has 0 unspecified atom stereocenters. The molecule has 0 atom stereocenters. The van der Waals surface area contributed by atoms with Gasteiger partial charge in [-0.2, -0.15) is 0 Å². The Morgan fingerprint density at radius 1 is 0.370 bits per heavy atom. The first-order valence-electron chi connectivity index (χ1n) is 18.0. The van der Waals surface area contributed by atoms with Gasteiger partial charge in [-0.05, 0) is 127 Å². The summed E-state index contributed by atoms with van der Waals surface area (Å²) in [6, 6.07) is 36.1. The third kappa shape index (κ3) is 7.07. The molecule has 1 aliphatic rings. The van der Waals surface area contributed by atoms with Crippen molar-refractivity contribution in [2.75, 3.05) is 21.3 Å². The molecule has 1 aliphatic carbocycles. The highest BCUT2D eigenvalue weighted by atomic mass is 16.5. The fraction of sp³-hybridized carbons (Fsp3) is 0.188. The summed E-state index contributed by atoms with van der Waals surface area (Å²) in [4.78, 5) is 36.2. The number of methoxy groups -OCH3 is 3. The van der Waals surface area contributed by atoms with Gasteiger partial charge in [-0.15, -0.1) is 0 Å². The molecule has 6 aromatic carbocycles. The van der Waals surface area contributed by atoms with Crippen molar-refractivity contribution in [3.8, 4) is 50.6 Å². The van der Waals surface area contributed by atoms with Crippen LogP contribution in [-0.2, 0) is 19.3 Å². The standard InChI is InChI=1S/C48H42O6/c1-28(49)31-7-13-34(14-8-31)43-22-37-19-41-26-47(53-5)45(36-17-11-33(12-18-36)30(3)51)24-39(41)21-42-27-48(54-6)44(35-15-9-32(10-16-35)29(2)50)23-38(42)20-40(37)25-46(43)52-4/h7-18,22-27H,19-21H2,1-6H3. The maximum atomic E-state index is 12.1. The molecule has 6 aromatic rings. The molecule has 6 nitrogen and oxygen atoms in total. The number of benzene rings is 6. The minimum Gasteiger partial charge on any atom is -0.496 e. The monoisotopic (exact) mass is 714 g/mol. The van der Waals surface area contributed by atoms with E-state index in [9.17, 15) is 14.4 Å². The van der Waals surface area contributed by atoms with Gasteiger partial charge in [-0.1, -0.05) is 72.8 Å². The lowest BCUT2D eigenvalue weighted by atomic mass is 9.89. The molecule has 0 aliphatic heterocycles. The zero-order valence-corrected chi connectivity index (χ0v) is 31.5. The second kappa shape index (κ2) is 15.0. The molecular formula is C48H42O6. The Morgan fingerprint density at radius 2 is 0.593 bits per heavy atom. The van der Waals surface area contributed by atoms with Gasteiger partial charge in [0.25, 0.3) is 0 Å². The summed E-state index contributed by atoms with van der Waals surface area (Å²) in [6.07, 6.45) is 1.95. The molecule has 0 heterocycles. The van der Waals surface area contributed by atoms with Gasteiger partial charge in [0.1, 0.15) is 17.2 Å². The van der Waals surface area contributed by atoms with Crippen LogP contribution in [0.15, 0.2) is 109 Å². The van der Waals surface area contributed by atoms with Gasteiger partial charge in [0, 0.05) is 33.4 Å². The highest BCUT2D eigenvalue weighted by Crippen LogP contribution is 2.42. The lowest BCUT2D eigenvalue weighted by molar-refractivity contribution is 0.100. The maximum absolute atomic E-state index is 12.1. The Hall–Kier alpha value is -6.27. The first kappa shape index (κ1) is 36.1. The molecule has 0 fully saturated rings. The first-order valence-corrected chi connectivity index (χ1v) is 18.0. The molecule has 0 spiro atoms. The third-order valence-corrected chi connectivity index (χ3v) is 10.5. The molecule has 270 valence electrons. The summed E-state index contributed by atoms with van der Waals surface area (Å²) in [7, 11) is 5.07. The van der Waals surface area contributed by atoms with Crippen molar-refractivity contribution in [1.82, 2.24) is 0 Å². The van der Waals surface area contributed by atoms with Gasteiger partial charge >= 0.3 is 0 Å². The van der Waals surface area contributed by atoms with Gasteiger partial charge in [-0.25, -0.2) is 0 Å². The Balaban J connectivity index is 1.44. The summed E-state index contributed by atoms with van der Waals surface area (Å²) in [5, 5.41) is 0. The van der Waals surface area contributed by atoms with Crippen LogP contribution in [0.4, 0.5) is 0 Å². The average molecular weight is 715 g/mol. The van der Waals surface area contributed by atoms with Crippen LogP contribution < -0.4 is 14.2 Å². The van der Waals surface area contributed by atoms with E-state index >= 15 is 0 Å². The van der Waals surface area contributed by atoms with E-state index in [4.69, 9.17) is 14.2 Å². The van der Waals surface area contributed by atoms with Crippen molar-refractivity contribution in [2.45, 2.75) is 40.0 Å². The maximum Gasteiger partial charge on any atom is 0.159 e. The minimum atomic E-state index is 0.0205. The van der Waals surface area contributed by atoms with Gasteiger partial charge in [0.05, 0.1) is 21.3 Å². The van der Waals surface area contributed by atoms with Crippen LogP contribution in [0.1, 0.15) is 85.2 Å². The highest BCUT2D eigenvalue weighted by molar-refractivity contribution is 5.96. The van der Waals surface area contributed by atoms with Crippen LogP contribution in [0.25, 0.3) is 33.4 Å². The third-order valence-electron chi connectivity index (χ3n) is 10.5. The highest BCUT2D eigenvalue weighted by Gasteiger charge is 2.23. The molecule has 0 N–H and O–H groups in total. The zero-order valence-electron chi connectivity index (χ0n) is 31.5. The molecule has 0 amide bonds. The number of ether oxygens (including phenoxy) is 3. The van der Waals surface area contributed by atoms with Gasteiger partial charge in [0.15, 0.2) is 17.3 Å². The van der Waals surface area contributed by atoms with E-state index in [1.165, 1.54) is 0 Å². The van der Waals surface area contributed by atoms with Crippen molar-refractivity contribution < 1.29 is 28.6 Å². The van der Waals surface area contributed by atoms with Crippen molar-refractivity contribution in [1.29, 1.82) is 0 Å². The van der Waals surface area contributed by atoms with Crippen LogP contribution in [0.5, 0.6) is 17.2 Å². The number of hydrogen-bond donors (Lipinski definition) is 0. The predicted octanol–water partition coefficient (Wildman–Crippen LogP) is 10.4. The topological polar surface area (TPSA) is 78.9 Å². The van der Waals surface area contributed by atoms with E-state index in [0.717, 1.165) is 84.0 Å². The largest absolute Gasteiger partial charge is 0.496 e. The Morgan fingerprint density at radius 3 is 0.796 bits per heavy atom. The summed E-state index contributed by atoms with van der Waals surface area (Å²) in [6.45, 7) is 4.72. The molecule has 0 bridgehead atoms. The van der Waals surface area contributed by atoms with Crippen LogP contribution in [0.3, 0.4) is 0 Å². The van der Waals surface area contributed by atoms with E-state index in [-0.39, 0.29) is 17.3 Å². The normalized spacial score (nSPS) is 11.9. The van der Waals surface area contributed by atoms with Crippen LogP contribution in [0.2, 0.25) is 0 Å². The lowest BCUT2D eigenvalue weighted by Crippen LogP contribution is -2.02. The Bertz CT molecular complexity index is 2150. The Labute approximate surface area is 316 Å². The van der Waals surface area contributed by atoms with Crippen LogP contribution >= 0.6 is 0 Å². The lowest BCUT2D eigenvalue weighted by Gasteiger charge is -2.18. The van der Waals surface area contributed by atoms with E-state index in [1.54, 1.807) is 42.1 Å². The molecule has 0 saturated heterocycles. The summed E-state index contributed by atoms with van der Waals surface area (Å²) < 4.78 is 18.1. The fourth-order valence-electron chi connectivity index (χ4n) is 7.44. The second-order valence-electron chi connectivity index (χ2n) is 13.9. The summed E-state index contributed by atoms with van der Waals surface area (Å²) in [5.74, 6) is 2.31. The number of carbonyl (C=O) groups excluding carboxylic acids is 3. The summed E-state index contributed by atoms with van der Waals surface area (Å²) >= 11 is 0. The number of rotatable bonds is 9. The molecular weight excluding hydrogens is 673 g/mol. The predicted molar refractivity (Wildman–Crippen MR) is 214 cm³/mol. The number of Topliss-reactive ketones (excluding diaryl/α,β-unsaturated/α-hetero) is 3. The summed E-state index contributed by atoms with van der Waals surface area (Å²) in [5.41, 5.74) is 14.6. The van der Waals surface area contributed by atoms with E-state index in [0.29, 0.717) is 36.0 Å². The number of fused-ring (bicyclic) bond motifs is 3. The quantitative estimate of drug-likeness (QED) is 0.139.